The predicted octanol–water partition coefficient (Wildman–Crippen LogP) is 1.82. The van der Waals surface area contributed by atoms with Gasteiger partial charge in [0.05, 0.1) is 6.10 Å². The van der Waals surface area contributed by atoms with Crippen molar-refractivity contribution in [1.82, 2.24) is 0 Å². The largest absolute Gasteiger partial charge is 0.387 e. The number of hydrogen-bond donors (Lipinski definition) is 2. The van der Waals surface area contributed by atoms with E-state index >= 15 is 0 Å². The van der Waals surface area contributed by atoms with Crippen LogP contribution in [0, 0.1) is 19.7 Å². The summed E-state index contributed by atoms with van der Waals surface area (Å²) in [4.78, 5) is 0. The molecule has 0 radical (unpaired) electrons. The summed E-state index contributed by atoms with van der Waals surface area (Å²) < 4.78 is 13.0. The molecule has 0 spiro atoms. The summed E-state index contributed by atoms with van der Waals surface area (Å²) in [5.41, 5.74) is 7.82. The summed E-state index contributed by atoms with van der Waals surface area (Å²) in [5, 5.41) is 9.80. The van der Waals surface area contributed by atoms with Crippen molar-refractivity contribution in [3.63, 3.8) is 0 Å². The van der Waals surface area contributed by atoms with Crippen LogP contribution in [0.15, 0.2) is 12.1 Å². The second kappa shape index (κ2) is 4.07. The van der Waals surface area contributed by atoms with Crippen molar-refractivity contribution in [2.24, 2.45) is 5.73 Å². The third-order valence-electron chi connectivity index (χ3n) is 2.35. The molecule has 0 heterocycles. The number of benzene rings is 1. The number of halogens is 1. The van der Waals surface area contributed by atoms with Crippen LogP contribution in [0.5, 0.6) is 0 Å². The number of aliphatic hydroxyl groups is 1. The molecule has 0 saturated carbocycles. The second-order valence-corrected chi connectivity index (χ2v) is 3.76. The molecule has 2 nitrogen and oxygen atoms in total. The van der Waals surface area contributed by atoms with Crippen LogP contribution in [0.3, 0.4) is 0 Å². The van der Waals surface area contributed by atoms with Crippen molar-refractivity contribution >= 4 is 0 Å². The molecule has 1 rings (SSSR count). The SMILES string of the molecule is Cc1cc(F)cc(C)c1[C@@H](O)[C@H](C)N. The molecule has 0 fully saturated rings. The van der Waals surface area contributed by atoms with Crippen molar-refractivity contribution < 1.29 is 9.50 Å². The van der Waals surface area contributed by atoms with Crippen molar-refractivity contribution in [2.45, 2.75) is 32.9 Å². The Morgan fingerprint density at radius 2 is 1.71 bits per heavy atom. The molecule has 2 atom stereocenters. The van der Waals surface area contributed by atoms with Crippen LogP contribution in [-0.4, -0.2) is 11.1 Å². The van der Waals surface area contributed by atoms with Crippen LogP contribution in [0.25, 0.3) is 0 Å². The minimum Gasteiger partial charge on any atom is -0.387 e. The summed E-state index contributed by atoms with van der Waals surface area (Å²) in [6.07, 6.45) is -0.726. The Kier molecular flexibility index (Phi) is 3.24. The first-order chi connectivity index (χ1) is 6.43. The van der Waals surface area contributed by atoms with E-state index in [1.807, 2.05) is 0 Å². The Balaban J connectivity index is 3.20. The molecule has 0 aliphatic heterocycles. The first-order valence-electron chi connectivity index (χ1n) is 4.63. The van der Waals surface area contributed by atoms with Gasteiger partial charge in [-0.3, -0.25) is 0 Å². The highest BCUT2D eigenvalue weighted by atomic mass is 19.1. The Morgan fingerprint density at radius 3 is 2.07 bits per heavy atom. The normalized spacial score (nSPS) is 15.3. The summed E-state index contributed by atoms with van der Waals surface area (Å²) >= 11 is 0. The first kappa shape index (κ1) is 11.1. The zero-order chi connectivity index (χ0) is 10.9. The van der Waals surface area contributed by atoms with E-state index in [0.29, 0.717) is 0 Å². The Labute approximate surface area is 83.6 Å². The van der Waals surface area contributed by atoms with Gasteiger partial charge in [-0.1, -0.05) is 0 Å². The molecule has 0 aromatic heterocycles. The lowest BCUT2D eigenvalue weighted by atomic mass is 9.94. The zero-order valence-electron chi connectivity index (χ0n) is 8.71. The molecule has 1 aromatic carbocycles. The summed E-state index contributed by atoms with van der Waals surface area (Å²) in [6, 6.07) is 2.47. The summed E-state index contributed by atoms with van der Waals surface area (Å²) in [6.45, 7) is 5.28. The highest BCUT2D eigenvalue weighted by Crippen LogP contribution is 2.24. The van der Waals surface area contributed by atoms with Crippen LogP contribution >= 0.6 is 0 Å². The zero-order valence-corrected chi connectivity index (χ0v) is 8.71. The molecule has 0 amide bonds. The average Bonchev–Trinajstić information content (AvgIpc) is 2.01. The fourth-order valence-corrected chi connectivity index (χ4v) is 1.65. The van der Waals surface area contributed by atoms with E-state index in [4.69, 9.17) is 5.73 Å². The maximum absolute atomic E-state index is 13.0. The second-order valence-electron chi connectivity index (χ2n) is 3.76. The van der Waals surface area contributed by atoms with Gasteiger partial charge in [0.2, 0.25) is 0 Å². The first-order valence-corrected chi connectivity index (χ1v) is 4.63. The van der Waals surface area contributed by atoms with E-state index in [9.17, 15) is 9.50 Å². The number of nitrogens with two attached hydrogens (primary N) is 1. The Bertz CT molecular complexity index is 313. The maximum Gasteiger partial charge on any atom is 0.123 e. The topological polar surface area (TPSA) is 46.2 Å². The van der Waals surface area contributed by atoms with Crippen molar-refractivity contribution in [1.29, 1.82) is 0 Å². The molecule has 1 aromatic rings. The van der Waals surface area contributed by atoms with Crippen LogP contribution < -0.4 is 5.73 Å². The molecular formula is C11H16FNO. The lowest BCUT2D eigenvalue weighted by Gasteiger charge is -2.19. The van der Waals surface area contributed by atoms with Gasteiger partial charge in [-0.05, 0) is 49.6 Å². The number of hydrogen-bond acceptors (Lipinski definition) is 2. The minimum absolute atomic E-state index is 0.277. The molecular weight excluding hydrogens is 181 g/mol. The molecule has 0 unspecified atom stereocenters. The molecule has 3 N–H and O–H groups in total. The van der Waals surface area contributed by atoms with Gasteiger partial charge in [0.25, 0.3) is 0 Å². The van der Waals surface area contributed by atoms with Gasteiger partial charge in [0.15, 0.2) is 0 Å². The molecule has 78 valence electrons. The van der Waals surface area contributed by atoms with Gasteiger partial charge in [-0.25, -0.2) is 4.39 Å². The molecule has 14 heavy (non-hydrogen) atoms. The molecule has 3 heteroatoms. The van der Waals surface area contributed by atoms with Crippen LogP contribution in [-0.2, 0) is 0 Å². The van der Waals surface area contributed by atoms with Gasteiger partial charge in [0, 0.05) is 6.04 Å². The van der Waals surface area contributed by atoms with Gasteiger partial charge in [0.1, 0.15) is 5.82 Å². The van der Waals surface area contributed by atoms with Crippen LogP contribution in [0.4, 0.5) is 4.39 Å². The minimum atomic E-state index is -0.726. The van der Waals surface area contributed by atoms with E-state index < -0.39 is 6.10 Å². The van der Waals surface area contributed by atoms with Gasteiger partial charge in [-0.15, -0.1) is 0 Å². The molecule has 0 bridgehead atoms. The van der Waals surface area contributed by atoms with E-state index in [0.717, 1.165) is 16.7 Å². The highest BCUT2D eigenvalue weighted by Gasteiger charge is 2.17. The van der Waals surface area contributed by atoms with E-state index in [1.165, 1.54) is 12.1 Å². The fraction of sp³-hybridized carbons (Fsp3) is 0.455. The Morgan fingerprint density at radius 1 is 1.29 bits per heavy atom. The van der Waals surface area contributed by atoms with Crippen molar-refractivity contribution in [3.05, 3.63) is 34.6 Å². The quantitative estimate of drug-likeness (QED) is 0.759. The average molecular weight is 197 g/mol. The summed E-state index contributed by atoms with van der Waals surface area (Å²) in [7, 11) is 0. The van der Waals surface area contributed by atoms with Gasteiger partial charge >= 0.3 is 0 Å². The third-order valence-corrected chi connectivity index (χ3v) is 2.35. The maximum atomic E-state index is 13.0. The van der Waals surface area contributed by atoms with Crippen LogP contribution in [0.1, 0.15) is 29.7 Å². The predicted molar refractivity (Wildman–Crippen MR) is 54.5 cm³/mol. The molecule has 0 aliphatic carbocycles. The molecule has 0 saturated heterocycles. The van der Waals surface area contributed by atoms with Crippen molar-refractivity contribution in [2.75, 3.05) is 0 Å². The molecule has 0 aliphatic rings. The van der Waals surface area contributed by atoms with Gasteiger partial charge < -0.3 is 10.8 Å². The summed E-state index contributed by atoms with van der Waals surface area (Å²) in [5.74, 6) is -0.277. The highest BCUT2D eigenvalue weighted by molar-refractivity contribution is 5.36. The fourth-order valence-electron chi connectivity index (χ4n) is 1.65. The monoisotopic (exact) mass is 197 g/mol. The van der Waals surface area contributed by atoms with Crippen LogP contribution in [0.2, 0.25) is 0 Å². The van der Waals surface area contributed by atoms with Crippen molar-refractivity contribution in [3.8, 4) is 0 Å². The lowest BCUT2D eigenvalue weighted by molar-refractivity contribution is 0.152. The standard InChI is InChI=1S/C11H16FNO/c1-6-4-9(12)5-7(2)10(6)11(14)8(3)13/h4-5,8,11,14H,13H2,1-3H3/t8-,11-/m0/s1. The number of rotatable bonds is 2. The van der Waals surface area contributed by atoms with Gasteiger partial charge in [-0.2, -0.15) is 0 Å². The lowest BCUT2D eigenvalue weighted by Crippen LogP contribution is -2.25. The smallest absolute Gasteiger partial charge is 0.123 e. The number of aliphatic hydroxyl groups excluding tert-OH is 1. The van der Waals surface area contributed by atoms with E-state index in [-0.39, 0.29) is 11.9 Å². The Hall–Kier alpha value is -0.930. The van der Waals surface area contributed by atoms with E-state index in [1.54, 1.807) is 20.8 Å². The van der Waals surface area contributed by atoms with E-state index in [2.05, 4.69) is 0 Å². The third kappa shape index (κ3) is 2.11. The number of aryl methyl sites for hydroxylation is 2.